The molecule has 4 nitrogen and oxygen atoms in total. The van der Waals surface area contributed by atoms with Crippen molar-refractivity contribution in [1.29, 1.82) is 0 Å². The molecule has 0 aliphatic rings. The van der Waals surface area contributed by atoms with E-state index in [1.807, 2.05) is 31.2 Å². The number of benzene rings is 2. The second-order valence-corrected chi connectivity index (χ2v) is 7.84. The summed E-state index contributed by atoms with van der Waals surface area (Å²) in [7, 11) is -3.52. The van der Waals surface area contributed by atoms with Crippen LogP contribution in [0.5, 0.6) is 0 Å². The molecule has 0 bridgehead atoms. The molecule has 2 aromatic rings. The summed E-state index contributed by atoms with van der Waals surface area (Å²) in [5.74, 6) is 0. The van der Waals surface area contributed by atoms with Gasteiger partial charge in [0.1, 0.15) is 0 Å². The number of aliphatic hydroxyl groups is 1. The molecule has 0 aliphatic heterocycles. The monoisotopic (exact) mass is 333 g/mol. The minimum absolute atomic E-state index is 0.212. The van der Waals surface area contributed by atoms with Crippen LogP contribution < -0.4 is 4.72 Å². The highest BCUT2D eigenvalue weighted by atomic mass is 32.2. The molecule has 0 fully saturated rings. The molecule has 0 heterocycles. The Labute approximate surface area is 138 Å². The topological polar surface area (TPSA) is 66.4 Å². The van der Waals surface area contributed by atoms with Gasteiger partial charge in [0.15, 0.2) is 0 Å². The second kappa shape index (κ2) is 6.83. The number of rotatable bonds is 6. The van der Waals surface area contributed by atoms with E-state index in [0.717, 1.165) is 23.1 Å². The van der Waals surface area contributed by atoms with Crippen molar-refractivity contribution in [3.8, 4) is 0 Å². The molecule has 0 spiro atoms. The van der Waals surface area contributed by atoms with Crippen LogP contribution in [-0.4, -0.2) is 13.5 Å². The lowest BCUT2D eigenvalue weighted by Gasteiger charge is -2.18. The Bertz CT molecular complexity index is 742. The Morgan fingerprint density at radius 3 is 1.96 bits per heavy atom. The molecule has 2 rings (SSSR count). The van der Waals surface area contributed by atoms with Crippen LogP contribution in [0.4, 0.5) is 0 Å². The minimum atomic E-state index is -3.52. The highest BCUT2D eigenvalue weighted by Gasteiger charge is 2.16. The van der Waals surface area contributed by atoms with E-state index in [9.17, 15) is 13.5 Å². The molecule has 0 aromatic heterocycles. The van der Waals surface area contributed by atoms with Crippen molar-refractivity contribution in [2.24, 2.45) is 0 Å². The maximum absolute atomic E-state index is 12.3. The first-order valence-electron chi connectivity index (χ1n) is 7.63. The van der Waals surface area contributed by atoms with Gasteiger partial charge in [-0.15, -0.1) is 0 Å². The smallest absolute Gasteiger partial charge is 0.240 e. The molecule has 23 heavy (non-hydrogen) atoms. The molecule has 0 unspecified atom stereocenters. The fraction of sp³-hybridized carbons (Fsp3) is 0.333. The summed E-state index contributed by atoms with van der Waals surface area (Å²) in [6.45, 7) is 5.67. The Hall–Kier alpha value is -1.69. The summed E-state index contributed by atoms with van der Waals surface area (Å²) < 4.78 is 27.2. The van der Waals surface area contributed by atoms with E-state index in [1.54, 1.807) is 38.1 Å². The van der Waals surface area contributed by atoms with Crippen molar-refractivity contribution >= 4 is 10.0 Å². The van der Waals surface area contributed by atoms with Gasteiger partial charge in [-0.25, -0.2) is 13.1 Å². The second-order valence-electron chi connectivity index (χ2n) is 6.08. The molecule has 0 amide bonds. The van der Waals surface area contributed by atoms with Gasteiger partial charge in [0.05, 0.1) is 10.5 Å². The number of hydrogen-bond acceptors (Lipinski definition) is 3. The standard InChI is InChI=1S/C18H23NO3S/c1-4-14-7-11-17(12-8-14)23(21,22)19-13-15-5-9-16(10-6-15)18(2,3)20/h5-12,19-20H,4,13H2,1-3H3. The third-order valence-electron chi connectivity index (χ3n) is 3.77. The molecule has 124 valence electrons. The Morgan fingerprint density at radius 1 is 0.957 bits per heavy atom. The van der Waals surface area contributed by atoms with Crippen molar-refractivity contribution in [2.75, 3.05) is 0 Å². The van der Waals surface area contributed by atoms with E-state index in [1.165, 1.54) is 0 Å². The maximum atomic E-state index is 12.3. The van der Waals surface area contributed by atoms with Crippen molar-refractivity contribution in [3.05, 3.63) is 65.2 Å². The van der Waals surface area contributed by atoms with Gasteiger partial charge in [-0.05, 0) is 49.1 Å². The highest BCUT2D eigenvalue weighted by molar-refractivity contribution is 7.89. The first kappa shape index (κ1) is 17.7. The molecule has 0 atom stereocenters. The van der Waals surface area contributed by atoms with Crippen molar-refractivity contribution in [2.45, 2.75) is 44.2 Å². The first-order valence-corrected chi connectivity index (χ1v) is 9.11. The Balaban J connectivity index is 2.06. The third kappa shape index (κ3) is 4.64. The molecule has 0 radical (unpaired) electrons. The van der Waals surface area contributed by atoms with E-state index in [2.05, 4.69) is 4.72 Å². The zero-order valence-electron chi connectivity index (χ0n) is 13.7. The highest BCUT2D eigenvalue weighted by Crippen LogP contribution is 2.20. The predicted molar refractivity (Wildman–Crippen MR) is 91.5 cm³/mol. The first-order chi connectivity index (χ1) is 10.7. The molecular weight excluding hydrogens is 310 g/mol. The van der Waals surface area contributed by atoms with Crippen LogP contribution >= 0.6 is 0 Å². The molecule has 0 aliphatic carbocycles. The Kier molecular flexibility index (Phi) is 5.24. The summed E-state index contributed by atoms with van der Waals surface area (Å²) in [6, 6.07) is 14.1. The zero-order chi connectivity index (χ0) is 17.1. The van der Waals surface area contributed by atoms with Crippen molar-refractivity contribution < 1.29 is 13.5 Å². The lowest BCUT2D eigenvalue weighted by Crippen LogP contribution is -2.23. The summed E-state index contributed by atoms with van der Waals surface area (Å²) in [4.78, 5) is 0.266. The van der Waals surface area contributed by atoms with Crippen LogP contribution in [0.2, 0.25) is 0 Å². The van der Waals surface area contributed by atoms with Crippen LogP contribution in [-0.2, 0) is 28.6 Å². The largest absolute Gasteiger partial charge is 0.386 e. The molecular formula is C18H23NO3S. The fourth-order valence-electron chi connectivity index (χ4n) is 2.20. The van der Waals surface area contributed by atoms with Crippen LogP contribution in [0.1, 0.15) is 37.5 Å². The van der Waals surface area contributed by atoms with E-state index >= 15 is 0 Å². The van der Waals surface area contributed by atoms with Gasteiger partial charge in [0.25, 0.3) is 0 Å². The van der Waals surface area contributed by atoms with E-state index < -0.39 is 15.6 Å². The normalized spacial score (nSPS) is 12.3. The average molecular weight is 333 g/mol. The Morgan fingerprint density at radius 2 is 1.48 bits per heavy atom. The molecule has 2 N–H and O–H groups in total. The summed E-state index contributed by atoms with van der Waals surface area (Å²) >= 11 is 0. The zero-order valence-corrected chi connectivity index (χ0v) is 14.5. The number of hydrogen-bond donors (Lipinski definition) is 2. The van der Waals surface area contributed by atoms with Gasteiger partial charge in [0, 0.05) is 6.54 Å². The van der Waals surface area contributed by atoms with E-state index in [-0.39, 0.29) is 11.4 Å². The van der Waals surface area contributed by atoms with Crippen LogP contribution in [0, 0.1) is 0 Å². The summed E-state index contributed by atoms with van der Waals surface area (Å²) in [5, 5.41) is 9.92. The SMILES string of the molecule is CCc1ccc(S(=O)(=O)NCc2ccc(C(C)(C)O)cc2)cc1. The number of sulfonamides is 1. The van der Waals surface area contributed by atoms with E-state index in [0.29, 0.717) is 0 Å². The third-order valence-corrected chi connectivity index (χ3v) is 5.19. The molecule has 0 saturated heterocycles. The average Bonchev–Trinajstić information content (AvgIpc) is 2.53. The van der Waals surface area contributed by atoms with Gasteiger partial charge in [-0.2, -0.15) is 0 Å². The summed E-state index contributed by atoms with van der Waals surface area (Å²) in [6.07, 6.45) is 0.876. The van der Waals surface area contributed by atoms with Gasteiger partial charge in [-0.3, -0.25) is 0 Å². The molecule has 5 heteroatoms. The van der Waals surface area contributed by atoms with E-state index in [4.69, 9.17) is 0 Å². The number of aryl methyl sites for hydroxylation is 1. The predicted octanol–water partition coefficient (Wildman–Crippen LogP) is 2.95. The molecule has 2 aromatic carbocycles. The van der Waals surface area contributed by atoms with Crippen LogP contribution in [0.25, 0.3) is 0 Å². The van der Waals surface area contributed by atoms with Gasteiger partial charge in [-0.1, -0.05) is 43.3 Å². The van der Waals surface area contributed by atoms with Gasteiger partial charge < -0.3 is 5.11 Å². The molecule has 0 saturated carbocycles. The summed E-state index contributed by atoms with van der Waals surface area (Å²) in [5.41, 5.74) is 1.83. The van der Waals surface area contributed by atoms with Gasteiger partial charge in [0.2, 0.25) is 10.0 Å². The van der Waals surface area contributed by atoms with Crippen molar-refractivity contribution in [1.82, 2.24) is 4.72 Å². The fourth-order valence-corrected chi connectivity index (χ4v) is 3.21. The van der Waals surface area contributed by atoms with Crippen LogP contribution in [0.15, 0.2) is 53.4 Å². The van der Waals surface area contributed by atoms with Crippen LogP contribution in [0.3, 0.4) is 0 Å². The number of nitrogens with one attached hydrogen (secondary N) is 1. The lowest BCUT2D eigenvalue weighted by molar-refractivity contribution is 0.0786. The minimum Gasteiger partial charge on any atom is -0.386 e. The van der Waals surface area contributed by atoms with Gasteiger partial charge >= 0.3 is 0 Å². The lowest BCUT2D eigenvalue weighted by atomic mass is 9.97. The quantitative estimate of drug-likeness (QED) is 0.854. The maximum Gasteiger partial charge on any atom is 0.240 e. The van der Waals surface area contributed by atoms with Crippen molar-refractivity contribution in [3.63, 3.8) is 0 Å².